The Labute approximate surface area is 148 Å². The largest absolute Gasteiger partial charge is 0.487 e. The molecule has 0 saturated carbocycles. The van der Waals surface area contributed by atoms with Gasteiger partial charge in [-0.15, -0.1) is 0 Å². The van der Waals surface area contributed by atoms with Gasteiger partial charge in [0.05, 0.1) is 16.2 Å². The zero-order valence-corrected chi connectivity index (χ0v) is 13.7. The molecule has 0 unspecified atom stereocenters. The van der Waals surface area contributed by atoms with Crippen molar-refractivity contribution >= 4 is 11.4 Å². The molecule has 8 heteroatoms. The number of piperidine rings is 1. The van der Waals surface area contributed by atoms with Gasteiger partial charge in [0, 0.05) is 44.1 Å². The Hall–Kier alpha value is -3.21. The molecule has 0 aliphatic carbocycles. The van der Waals surface area contributed by atoms with Gasteiger partial charge in [-0.05, 0) is 18.2 Å². The summed E-state index contributed by atoms with van der Waals surface area (Å²) in [4.78, 5) is 12.3. The third-order valence-corrected chi connectivity index (χ3v) is 4.28. The second-order valence-corrected chi connectivity index (χ2v) is 5.95. The van der Waals surface area contributed by atoms with Gasteiger partial charge in [0.15, 0.2) is 11.6 Å². The number of rotatable bonds is 4. The van der Waals surface area contributed by atoms with E-state index in [1.54, 1.807) is 0 Å². The summed E-state index contributed by atoms with van der Waals surface area (Å²) in [6, 6.07) is 9.33. The number of benzene rings is 2. The van der Waals surface area contributed by atoms with E-state index in [0.717, 1.165) is 12.1 Å². The predicted molar refractivity (Wildman–Crippen MR) is 90.0 cm³/mol. The third kappa shape index (κ3) is 3.72. The van der Waals surface area contributed by atoms with E-state index in [1.807, 2.05) is 11.0 Å². The molecule has 0 aromatic heterocycles. The first-order valence-electron chi connectivity index (χ1n) is 8.03. The molecular weight excluding hydrogens is 344 g/mol. The van der Waals surface area contributed by atoms with Gasteiger partial charge >= 0.3 is 0 Å². The van der Waals surface area contributed by atoms with Crippen molar-refractivity contribution in [2.75, 3.05) is 18.0 Å². The lowest BCUT2D eigenvalue weighted by Crippen LogP contribution is -2.38. The molecule has 2 aromatic rings. The second-order valence-electron chi connectivity index (χ2n) is 5.95. The van der Waals surface area contributed by atoms with E-state index in [9.17, 15) is 24.2 Å². The molecule has 1 aliphatic rings. The van der Waals surface area contributed by atoms with Crippen LogP contribution in [0.5, 0.6) is 5.75 Å². The van der Waals surface area contributed by atoms with Crippen molar-refractivity contribution in [2.45, 2.75) is 18.9 Å². The minimum atomic E-state index is -0.752. The molecule has 1 heterocycles. The predicted octanol–water partition coefficient (Wildman–Crippen LogP) is 3.79. The van der Waals surface area contributed by atoms with E-state index in [-0.39, 0.29) is 17.5 Å². The van der Waals surface area contributed by atoms with Gasteiger partial charge in [-0.2, -0.15) is 5.26 Å². The molecule has 0 atom stereocenters. The van der Waals surface area contributed by atoms with E-state index >= 15 is 0 Å². The number of halogens is 2. The van der Waals surface area contributed by atoms with Crippen molar-refractivity contribution in [3.05, 3.63) is 63.7 Å². The molecule has 134 valence electrons. The first-order valence-corrected chi connectivity index (χ1v) is 8.03. The molecule has 26 heavy (non-hydrogen) atoms. The van der Waals surface area contributed by atoms with E-state index in [2.05, 4.69) is 0 Å². The topological polar surface area (TPSA) is 79.4 Å². The molecular formula is C18H15F2N3O3. The summed E-state index contributed by atoms with van der Waals surface area (Å²) in [5, 5.41) is 20.2. The minimum absolute atomic E-state index is 0.00193. The van der Waals surface area contributed by atoms with Crippen LogP contribution >= 0.6 is 0 Å². The molecule has 0 N–H and O–H groups in total. The zero-order chi connectivity index (χ0) is 18.7. The standard InChI is InChI=1S/C18H15F2N3O3/c19-13-2-4-18(16(20)9-13)26-15-5-7-22(8-6-15)17-10-14(23(24)25)3-1-12(17)11-21/h1-4,9-10,15H,5-8H2. The van der Waals surface area contributed by atoms with Gasteiger partial charge in [-0.25, -0.2) is 8.78 Å². The fourth-order valence-corrected chi connectivity index (χ4v) is 2.95. The molecule has 0 radical (unpaired) electrons. The number of hydrogen-bond acceptors (Lipinski definition) is 5. The lowest BCUT2D eigenvalue weighted by molar-refractivity contribution is -0.384. The molecule has 0 amide bonds. The van der Waals surface area contributed by atoms with Crippen molar-refractivity contribution < 1.29 is 18.4 Å². The van der Waals surface area contributed by atoms with Gasteiger partial charge in [-0.1, -0.05) is 0 Å². The average molecular weight is 359 g/mol. The van der Waals surface area contributed by atoms with Crippen LogP contribution in [0, 0.1) is 33.1 Å². The monoisotopic (exact) mass is 359 g/mol. The van der Waals surface area contributed by atoms with Crippen LogP contribution in [0.15, 0.2) is 36.4 Å². The smallest absolute Gasteiger partial charge is 0.271 e. The summed E-state index contributed by atoms with van der Waals surface area (Å²) in [6.45, 7) is 1.01. The molecule has 1 fully saturated rings. The number of nitro groups is 1. The summed E-state index contributed by atoms with van der Waals surface area (Å²) in [5.41, 5.74) is 0.790. The summed E-state index contributed by atoms with van der Waals surface area (Å²) in [7, 11) is 0. The van der Waals surface area contributed by atoms with Crippen molar-refractivity contribution in [3.8, 4) is 11.8 Å². The number of anilines is 1. The van der Waals surface area contributed by atoms with Crippen LogP contribution in [0.1, 0.15) is 18.4 Å². The van der Waals surface area contributed by atoms with E-state index in [4.69, 9.17) is 4.74 Å². The SMILES string of the molecule is N#Cc1ccc([N+](=O)[O-])cc1N1CCC(Oc2ccc(F)cc2F)CC1. The summed E-state index contributed by atoms with van der Waals surface area (Å²) >= 11 is 0. The molecule has 1 saturated heterocycles. The van der Waals surface area contributed by atoms with Crippen LogP contribution in [0.25, 0.3) is 0 Å². The molecule has 6 nitrogen and oxygen atoms in total. The highest BCUT2D eigenvalue weighted by Crippen LogP contribution is 2.29. The van der Waals surface area contributed by atoms with Gasteiger partial charge in [-0.3, -0.25) is 10.1 Å². The summed E-state index contributed by atoms with van der Waals surface area (Å²) in [6.07, 6.45) is 0.838. The first kappa shape index (κ1) is 17.6. The number of nitro benzene ring substituents is 1. The van der Waals surface area contributed by atoms with E-state index in [0.29, 0.717) is 37.2 Å². The number of hydrogen-bond donors (Lipinski definition) is 0. The lowest BCUT2D eigenvalue weighted by atomic mass is 10.0. The number of ether oxygens (including phenoxy) is 1. The Morgan fingerprint density at radius 1 is 1.19 bits per heavy atom. The van der Waals surface area contributed by atoms with Crippen LogP contribution in [-0.2, 0) is 0 Å². The van der Waals surface area contributed by atoms with Gasteiger partial charge in [0.25, 0.3) is 5.69 Å². The second kappa shape index (κ2) is 7.35. The quantitative estimate of drug-likeness (QED) is 0.613. The molecule has 2 aromatic carbocycles. The van der Waals surface area contributed by atoms with Crippen molar-refractivity contribution in [3.63, 3.8) is 0 Å². The number of non-ortho nitro benzene ring substituents is 1. The van der Waals surface area contributed by atoms with Crippen molar-refractivity contribution in [2.24, 2.45) is 0 Å². The molecule has 3 rings (SSSR count). The first-order chi connectivity index (χ1) is 12.5. The van der Waals surface area contributed by atoms with Gasteiger partial charge in [0.2, 0.25) is 0 Å². The highest BCUT2D eigenvalue weighted by Gasteiger charge is 2.24. The van der Waals surface area contributed by atoms with Crippen LogP contribution < -0.4 is 9.64 Å². The maximum absolute atomic E-state index is 13.7. The Morgan fingerprint density at radius 3 is 2.54 bits per heavy atom. The Bertz CT molecular complexity index is 874. The maximum Gasteiger partial charge on any atom is 0.271 e. The van der Waals surface area contributed by atoms with Crippen molar-refractivity contribution in [1.82, 2.24) is 0 Å². The highest BCUT2D eigenvalue weighted by atomic mass is 19.1. The Balaban J connectivity index is 1.70. The van der Waals surface area contributed by atoms with Gasteiger partial charge in [0.1, 0.15) is 18.0 Å². The normalized spacial score (nSPS) is 14.7. The zero-order valence-electron chi connectivity index (χ0n) is 13.7. The fourth-order valence-electron chi connectivity index (χ4n) is 2.95. The van der Waals surface area contributed by atoms with Crippen LogP contribution in [0.2, 0.25) is 0 Å². The van der Waals surface area contributed by atoms with E-state index in [1.165, 1.54) is 24.3 Å². The average Bonchev–Trinajstić information content (AvgIpc) is 2.64. The van der Waals surface area contributed by atoms with E-state index < -0.39 is 16.6 Å². The molecule has 0 bridgehead atoms. The molecule has 0 spiro atoms. The number of nitrogens with zero attached hydrogens (tertiary/aromatic N) is 3. The van der Waals surface area contributed by atoms with Crippen molar-refractivity contribution in [1.29, 1.82) is 5.26 Å². The minimum Gasteiger partial charge on any atom is -0.487 e. The number of nitriles is 1. The fraction of sp³-hybridized carbons (Fsp3) is 0.278. The highest BCUT2D eigenvalue weighted by molar-refractivity contribution is 5.63. The Morgan fingerprint density at radius 2 is 1.92 bits per heavy atom. The van der Waals surface area contributed by atoms with Crippen LogP contribution in [-0.4, -0.2) is 24.1 Å². The van der Waals surface area contributed by atoms with Crippen LogP contribution in [0.4, 0.5) is 20.2 Å². The van der Waals surface area contributed by atoms with Gasteiger partial charge < -0.3 is 9.64 Å². The maximum atomic E-state index is 13.7. The summed E-state index contributed by atoms with van der Waals surface area (Å²) < 4.78 is 32.2. The summed E-state index contributed by atoms with van der Waals surface area (Å²) in [5.74, 6) is -1.42. The molecule has 1 aliphatic heterocycles. The Kier molecular flexibility index (Phi) is 4.98. The third-order valence-electron chi connectivity index (χ3n) is 4.28. The van der Waals surface area contributed by atoms with Crippen LogP contribution in [0.3, 0.4) is 0 Å². The lowest BCUT2D eigenvalue weighted by Gasteiger charge is -2.34.